The highest BCUT2D eigenvalue weighted by Crippen LogP contribution is 2.37. The van der Waals surface area contributed by atoms with Crippen molar-refractivity contribution in [1.29, 1.82) is 0 Å². The molecule has 1 saturated heterocycles. The molecule has 2 atom stereocenters. The lowest BCUT2D eigenvalue weighted by Crippen LogP contribution is -2.50. The number of amides is 1. The molecule has 6 nitrogen and oxygen atoms in total. The lowest BCUT2D eigenvalue weighted by molar-refractivity contribution is -0.133. The highest BCUT2D eigenvalue weighted by atomic mass is 35.5. The SMILES string of the molecule is CC(C)NCC[C@@H](C(=O)N1CCN(c2ncnc3c2[C@H](C)CC3)CC1)c1ccc(Cl)cc1. The number of anilines is 1. The van der Waals surface area contributed by atoms with Gasteiger partial charge in [0.2, 0.25) is 5.91 Å². The fourth-order valence-electron chi connectivity index (χ4n) is 4.88. The lowest BCUT2D eigenvalue weighted by Gasteiger charge is -2.38. The number of hydrogen-bond acceptors (Lipinski definition) is 5. The standard InChI is InChI=1S/C25H34ClN5O/c1-17(2)27-11-10-21(19-5-7-20(26)8-6-19)25(32)31-14-12-30(13-15-31)24-23-18(3)4-9-22(23)28-16-29-24/h5-8,16-18,21,27H,4,9-15H2,1-3H3/t18-,21-/m1/s1. The Labute approximate surface area is 196 Å². The first-order valence-electron chi connectivity index (χ1n) is 11.8. The van der Waals surface area contributed by atoms with Gasteiger partial charge in [-0.25, -0.2) is 9.97 Å². The van der Waals surface area contributed by atoms with Gasteiger partial charge >= 0.3 is 0 Å². The van der Waals surface area contributed by atoms with E-state index < -0.39 is 0 Å². The summed E-state index contributed by atoms with van der Waals surface area (Å²) in [6, 6.07) is 8.13. The molecule has 2 aliphatic rings. The maximum Gasteiger partial charge on any atom is 0.230 e. The van der Waals surface area contributed by atoms with E-state index in [1.807, 2.05) is 29.2 Å². The van der Waals surface area contributed by atoms with E-state index in [-0.39, 0.29) is 11.8 Å². The third-order valence-electron chi connectivity index (χ3n) is 6.70. The summed E-state index contributed by atoms with van der Waals surface area (Å²) in [7, 11) is 0. The second-order valence-corrected chi connectivity index (χ2v) is 9.75. The van der Waals surface area contributed by atoms with Crippen LogP contribution in [0.1, 0.15) is 62.3 Å². The fraction of sp³-hybridized carbons (Fsp3) is 0.560. The minimum atomic E-state index is -0.159. The Morgan fingerprint density at radius 2 is 1.88 bits per heavy atom. The first-order valence-corrected chi connectivity index (χ1v) is 12.2. The van der Waals surface area contributed by atoms with Gasteiger partial charge in [-0.1, -0.05) is 44.5 Å². The quantitative estimate of drug-likeness (QED) is 0.683. The lowest BCUT2D eigenvalue weighted by atomic mass is 9.93. The molecule has 1 aliphatic heterocycles. The van der Waals surface area contributed by atoms with Crippen LogP contribution in [0.4, 0.5) is 5.82 Å². The third-order valence-corrected chi connectivity index (χ3v) is 6.95. The van der Waals surface area contributed by atoms with Gasteiger partial charge in [-0.3, -0.25) is 4.79 Å². The molecule has 2 aromatic rings. The van der Waals surface area contributed by atoms with E-state index in [0.717, 1.165) is 50.3 Å². The van der Waals surface area contributed by atoms with Crippen LogP contribution in [0.15, 0.2) is 30.6 Å². The Bertz CT molecular complexity index is 924. The molecular formula is C25H34ClN5O. The van der Waals surface area contributed by atoms with Gasteiger partial charge in [-0.2, -0.15) is 0 Å². The molecule has 172 valence electrons. The third kappa shape index (κ3) is 5.07. The number of fused-ring (bicyclic) bond motifs is 1. The molecule has 0 bridgehead atoms. The van der Waals surface area contributed by atoms with Crippen LogP contribution in [0.25, 0.3) is 0 Å². The zero-order valence-corrected chi connectivity index (χ0v) is 20.1. The molecule has 1 N–H and O–H groups in total. The minimum absolute atomic E-state index is 0.159. The maximum absolute atomic E-state index is 13.6. The summed E-state index contributed by atoms with van der Waals surface area (Å²) >= 11 is 6.09. The van der Waals surface area contributed by atoms with E-state index in [0.29, 0.717) is 30.1 Å². The topological polar surface area (TPSA) is 61.4 Å². The van der Waals surface area contributed by atoms with Crippen molar-refractivity contribution in [2.75, 3.05) is 37.6 Å². The molecule has 1 aromatic carbocycles. The second kappa shape index (κ2) is 10.2. The summed E-state index contributed by atoms with van der Waals surface area (Å²) in [5, 5.41) is 4.15. The van der Waals surface area contributed by atoms with Gasteiger partial charge in [0.15, 0.2) is 0 Å². The molecule has 0 unspecified atom stereocenters. The average molecular weight is 456 g/mol. The van der Waals surface area contributed by atoms with Gasteiger partial charge in [0, 0.05) is 48.5 Å². The van der Waals surface area contributed by atoms with E-state index in [1.54, 1.807) is 6.33 Å². The molecule has 0 radical (unpaired) electrons. The number of nitrogens with zero attached hydrogens (tertiary/aromatic N) is 4. The summed E-state index contributed by atoms with van der Waals surface area (Å²) < 4.78 is 0. The van der Waals surface area contributed by atoms with E-state index >= 15 is 0 Å². The van der Waals surface area contributed by atoms with Crippen LogP contribution < -0.4 is 10.2 Å². The molecule has 1 aromatic heterocycles. The number of carbonyl (C=O) groups excluding carboxylic acids is 1. The van der Waals surface area contributed by atoms with Crippen LogP contribution in [0, 0.1) is 0 Å². The normalized spacial score (nSPS) is 19.3. The number of carbonyl (C=O) groups is 1. The molecule has 2 heterocycles. The molecular weight excluding hydrogens is 422 g/mol. The number of benzene rings is 1. The van der Waals surface area contributed by atoms with Crippen LogP contribution >= 0.6 is 11.6 Å². The number of piperazine rings is 1. The number of halogens is 1. The zero-order valence-electron chi connectivity index (χ0n) is 19.4. The number of rotatable bonds is 7. The Morgan fingerprint density at radius 3 is 2.56 bits per heavy atom. The van der Waals surface area contributed by atoms with Crippen molar-refractivity contribution >= 4 is 23.3 Å². The Morgan fingerprint density at radius 1 is 1.16 bits per heavy atom. The first-order chi connectivity index (χ1) is 15.4. The molecule has 4 rings (SSSR count). The number of aryl methyl sites for hydroxylation is 1. The molecule has 7 heteroatoms. The summed E-state index contributed by atoms with van der Waals surface area (Å²) in [5.41, 5.74) is 3.54. The molecule has 1 aliphatic carbocycles. The summed E-state index contributed by atoms with van der Waals surface area (Å²) in [6.45, 7) is 10.4. The van der Waals surface area contributed by atoms with Gasteiger partial charge in [0.1, 0.15) is 12.1 Å². The van der Waals surface area contributed by atoms with Gasteiger partial charge in [0.25, 0.3) is 0 Å². The summed E-state index contributed by atoms with van der Waals surface area (Å²) in [4.78, 5) is 27.1. The van der Waals surface area contributed by atoms with E-state index in [4.69, 9.17) is 11.6 Å². The first kappa shape index (κ1) is 23.0. The highest BCUT2D eigenvalue weighted by Gasteiger charge is 2.31. The van der Waals surface area contributed by atoms with Crippen LogP contribution in [0.3, 0.4) is 0 Å². The summed E-state index contributed by atoms with van der Waals surface area (Å²) in [5.74, 6) is 1.62. The Kier molecular flexibility index (Phi) is 7.31. The highest BCUT2D eigenvalue weighted by molar-refractivity contribution is 6.30. The zero-order chi connectivity index (χ0) is 22.7. The monoisotopic (exact) mass is 455 g/mol. The minimum Gasteiger partial charge on any atom is -0.353 e. The maximum atomic E-state index is 13.6. The number of hydrogen-bond donors (Lipinski definition) is 1. The van der Waals surface area contributed by atoms with Crippen molar-refractivity contribution in [3.8, 4) is 0 Å². The van der Waals surface area contributed by atoms with Gasteiger partial charge in [0.05, 0.1) is 5.92 Å². The van der Waals surface area contributed by atoms with Gasteiger partial charge in [-0.15, -0.1) is 0 Å². The van der Waals surface area contributed by atoms with E-state index in [9.17, 15) is 4.79 Å². The van der Waals surface area contributed by atoms with Crippen molar-refractivity contribution in [1.82, 2.24) is 20.2 Å². The predicted octanol–water partition coefficient (Wildman–Crippen LogP) is 4.00. The fourth-order valence-corrected chi connectivity index (χ4v) is 5.00. The van der Waals surface area contributed by atoms with Crippen LogP contribution in [0.5, 0.6) is 0 Å². The van der Waals surface area contributed by atoms with Crippen molar-refractivity contribution in [3.05, 3.63) is 52.4 Å². The van der Waals surface area contributed by atoms with Crippen molar-refractivity contribution < 1.29 is 4.79 Å². The van der Waals surface area contributed by atoms with Crippen LogP contribution in [-0.2, 0) is 11.2 Å². The number of nitrogens with one attached hydrogen (secondary N) is 1. The predicted molar refractivity (Wildman–Crippen MR) is 130 cm³/mol. The molecule has 1 fully saturated rings. The second-order valence-electron chi connectivity index (χ2n) is 9.31. The smallest absolute Gasteiger partial charge is 0.230 e. The van der Waals surface area contributed by atoms with E-state index in [2.05, 4.69) is 41.0 Å². The van der Waals surface area contributed by atoms with Crippen LogP contribution in [-0.4, -0.2) is 59.5 Å². The Balaban J connectivity index is 1.44. The van der Waals surface area contributed by atoms with Gasteiger partial charge in [-0.05, 0) is 49.4 Å². The molecule has 32 heavy (non-hydrogen) atoms. The van der Waals surface area contributed by atoms with E-state index in [1.165, 1.54) is 11.3 Å². The van der Waals surface area contributed by atoms with Crippen LogP contribution in [0.2, 0.25) is 5.02 Å². The summed E-state index contributed by atoms with van der Waals surface area (Å²) in [6.07, 6.45) is 4.65. The molecule has 0 spiro atoms. The van der Waals surface area contributed by atoms with Crippen molar-refractivity contribution in [2.24, 2.45) is 0 Å². The molecule has 1 amide bonds. The molecule has 0 saturated carbocycles. The largest absolute Gasteiger partial charge is 0.353 e. The van der Waals surface area contributed by atoms with Gasteiger partial charge < -0.3 is 15.1 Å². The average Bonchev–Trinajstić information content (AvgIpc) is 3.18. The van der Waals surface area contributed by atoms with Crippen molar-refractivity contribution in [3.63, 3.8) is 0 Å². The van der Waals surface area contributed by atoms with Crippen molar-refractivity contribution in [2.45, 2.75) is 57.9 Å². The number of aromatic nitrogens is 2. The Hall–Kier alpha value is -2.18.